The first-order chi connectivity index (χ1) is 6.09. The fourth-order valence-corrected chi connectivity index (χ4v) is 1.12. The van der Waals surface area contributed by atoms with Gasteiger partial charge in [0.1, 0.15) is 5.82 Å². The van der Waals surface area contributed by atoms with E-state index in [0.29, 0.717) is 5.56 Å². The van der Waals surface area contributed by atoms with E-state index in [-0.39, 0.29) is 5.82 Å². The van der Waals surface area contributed by atoms with Gasteiger partial charge in [-0.3, -0.25) is 0 Å². The summed E-state index contributed by atoms with van der Waals surface area (Å²) in [5, 5.41) is 5.55. The highest BCUT2D eigenvalue weighted by molar-refractivity contribution is 9.10. The summed E-state index contributed by atoms with van der Waals surface area (Å²) in [4.78, 5) is 0. The molecule has 1 aromatic carbocycles. The van der Waals surface area contributed by atoms with Gasteiger partial charge in [-0.2, -0.15) is 5.10 Å². The van der Waals surface area contributed by atoms with Crippen LogP contribution in [0.2, 0.25) is 0 Å². The van der Waals surface area contributed by atoms with Crippen molar-refractivity contribution in [2.24, 2.45) is 5.10 Å². The third-order valence-electron chi connectivity index (χ3n) is 1.39. The van der Waals surface area contributed by atoms with Crippen LogP contribution in [0.1, 0.15) is 5.56 Å². The molecule has 0 saturated carbocycles. The fourth-order valence-electron chi connectivity index (χ4n) is 0.784. The Morgan fingerprint density at radius 3 is 2.69 bits per heavy atom. The molecule has 0 N–H and O–H groups in total. The van der Waals surface area contributed by atoms with Crippen molar-refractivity contribution in [2.45, 2.75) is 0 Å². The Kier molecular flexibility index (Phi) is 3.42. The molecule has 13 heavy (non-hydrogen) atoms. The summed E-state index contributed by atoms with van der Waals surface area (Å²) in [5.74, 6) is -0.278. The molecule has 2 nitrogen and oxygen atoms in total. The van der Waals surface area contributed by atoms with E-state index < -0.39 is 0 Å². The van der Waals surface area contributed by atoms with Crippen LogP contribution in [0.15, 0.2) is 27.8 Å². The highest BCUT2D eigenvalue weighted by Crippen LogP contribution is 2.13. The van der Waals surface area contributed by atoms with E-state index in [1.165, 1.54) is 12.3 Å². The van der Waals surface area contributed by atoms with Crippen molar-refractivity contribution >= 4 is 22.1 Å². The highest BCUT2D eigenvalue weighted by atomic mass is 79.9. The zero-order chi connectivity index (χ0) is 9.84. The van der Waals surface area contributed by atoms with Gasteiger partial charge in [-0.1, -0.05) is 15.9 Å². The quantitative estimate of drug-likeness (QED) is 0.577. The molecular formula is C9H10BrFN2. The van der Waals surface area contributed by atoms with Gasteiger partial charge in [0.05, 0.1) is 6.21 Å². The van der Waals surface area contributed by atoms with E-state index in [1.54, 1.807) is 31.2 Å². The molecule has 1 rings (SSSR count). The number of halogens is 2. The van der Waals surface area contributed by atoms with Crippen LogP contribution in [-0.4, -0.2) is 25.3 Å². The SMILES string of the molecule is CN(C)/N=C/c1ccc(Br)cc1F. The highest BCUT2D eigenvalue weighted by Gasteiger charge is 1.98. The van der Waals surface area contributed by atoms with E-state index in [2.05, 4.69) is 21.0 Å². The molecule has 0 fully saturated rings. The summed E-state index contributed by atoms with van der Waals surface area (Å²) < 4.78 is 13.9. The number of benzene rings is 1. The smallest absolute Gasteiger partial charge is 0.133 e. The number of hydrazone groups is 1. The Hall–Kier alpha value is -0.900. The molecule has 0 aliphatic rings. The molecule has 0 heterocycles. The normalized spacial score (nSPS) is 10.8. The van der Waals surface area contributed by atoms with Crippen molar-refractivity contribution < 1.29 is 4.39 Å². The summed E-state index contributed by atoms with van der Waals surface area (Å²) >= 11 is 3.18. The lowest BCUT2D eigenvalue weighted by atomic mass is 10.2. The largest absolute Gasteiger partial charge is 0.303 e. The lowest BCUT2D eigenvalue weighted by Gasteiger charge is -2.02. The molecule has 0 bridgehead atoms. The molecule has 0 radical (unpaired) electrons. The fraction of sp³-hybridized carbons (Fsp3) is 0.222. The summed E-state index contributed by atoms with van der Waals surface area (Å²) in [6.45, 7) is 0. The summed E-state index contributed by atoms with van der Waals surface area (Å²) in [7, 11) is 3.57. The minimum Gasteiger partial charge on any atom is -0.303 e. The molecule has 1 aromatic rings. The third kappa shape index (κ3) is 3.14. The van der Waals surface area contributed by atoms with Gasteiger partial charge >= 0.3 is 0 Å². The third-order valence-corrected chi connectivity index (χ3v) is 1.88. The van der Waals surface area contributed by atoms with Crippen LogP contribution in [-0.2, 0) is 0 Å². The van der Waals surface area contributed by atoms with E-state index in [1.807, 2.05) is 0 Å². The van der Waals surface area contributed by atoms with Crippen molar-refractivity contribution in [3.05, 3.63) is 34.1 Å². The van der Waals surface area contributed by atoms with Crippen LogP contribution in [0.3, 0.4) is 0 Å². The average molecular weight is 245 g/mol. The molecular weight excluding hydrogens is 235 g/mol. The Balaban J connectivity index is 2.90. The van der Waals surface area contributed by atoms with Crippen molar-refractivity contribution in [1.82, 2.24) is 5.01 Å². The molecule has 0 saturated heterocycles. The Bertz CT molecular complexity index is 323. The predicted octanol–water partition coefficient (Wildman–Crippen LogP) is 2.48. The minimum atomic E-state index is -0.278. The number of nitrogens with zero attached hydrogens (tertiary/aromatic N) is 2. The second kappa shape index (κ2) is 4.37. The standard InChI is InChI=1S/C9H10BrFN2/c1-13(2)12-6-7-3-4-8(10)5-9(7)11/h3-6H,1-2H3/b12-6+. The first kappa shape index (κ1) is 10.2. The van der Waals surface area contributed by atoms with E-state index in [0.717, 1.165) is 4.47 Å². The van der Waals surface area contributed by atoms with Gasteiger partial charge in [-0.15, -0.1) is 0 Å². The van der Waals surface area contributed by atoms with Gasteiger partial charge in [0.25, 0.3) is 0 Å². The van der Waals surface area contributed by atoms with Crippen molar-refractivity contribution in [2.75, 3.05) is 14.1 Å². The Labute approximate surface area is 85.2 Å². The van der Waals surface area contributed by atoms with Gasteiger partial charge < -0.3 is 5.01 Å². The second-order valence-corrected chi connectivity index (χ2v) is 3.67. The van der Waals surface area contributed by atoms with Crippen LogP contribution in [0.25, 0.3) is 0 Å². The van der Waals surface area contributed by atoms with Crippen LogP contribution in [0, 0.1) is 5.82 Å². The molecule has 0 atom stereocenters. The van der Waals surface area contributed by atoms with E-state index in [4.69, 9.17) is 0 Å². The van der Waals surface area contributed by atoms with Crippen molar-refractivity contribution in [3.8, 4) is 0 Å². The first-order valence-corrected chi connectivity index (χ1v) is 4.55. The topological polar surface area (TPSA) is 15.6 Å². The van der Waals surface area contributed by atoms with Gasteiger partial charge in [-0.25, -0.2) is 4.39 Å². The number of hydrogen-bond acceptors (Lipinski definition) is 2. The van der Waals surface area contributed by atoms with E-state index in [9.17, 15) is 4.39 Å². The van der Waals surface area contributed by atoms with Gasteiger partial charge in [-0.05, 0) is 18.2 Å². The summed E-state index contributed by atoms with van der Waals surface area (Å²) in [6.07, 6.45) is 1.49. The second-order valence-electron chi connectivity index (χ2n) is 2.76. The van der Waals surface area contributed by atoms with E-state index >= 15 is 0 Å². The molecule has 0 spiro atoms. The van der Waals surface area contributed by atoms with Gasteiger partial charge in [0.15, 0.2) is 0 Å². The van der Waals surface area contributed by atoms with Gasteiger partial charge in [0, 0.05) is 24.1 Å². The zero-order valence-corrected chi connectivity index (χ0v) is 9.05. The van der Waals surface area contributed by atoms with Crippen LogP contribution in [0.4, 0.5) is 4.39 Å². The monoisotopic (exact) mass is 244 g/mol. The van der Waals surface area contributed by atoms with Crippen molar-refractivity contribution in [3.63, 3.8) is 0 Å². The molecule has 70 valence electrons. The molecule has 0 unspecified atom stereocenters. The van der Waals surface area contributed by atoms with Gasteiger partial charge in [0.2, 0.25) is 0 Å². The first-order valence-electron chi connectivity index (χ1n) is 3.76. The summed E-state index contributed by atoms with van der Waals surface area (Å²) in [6, 6.07) is 4.86. The Morgan fingerprint density at radius 2 is 2.15 bits per heavy atom. The average Bonchev–Trinajstić information content (AvgIpc) is 2.02. The number of hydrogen-bond donors (Lipinski definition) is 0. The molecule has 0 aliphatic carbocycles. The maximum absolute atomic E-state index is 13.2. The molecule has 0 amide bonds. The predicted molar refractivity (Wildman–Crippen MR) is 55.4 cm³/mol. The van der Waals surface area contributed by atoms with Crippen LogP contribution >= 0.6 is 15.9 Å². The summed E-state index contributed by atoms with van der Waals surface area (Å²) in [5.41, 5.74) is 0.483. The lowest BCUT2D eigenvalue weighted by Crippen LogP contribution is -2.02. The van der Waals surface area contributed by atoms with Crippen LogP contribution in [0.5, 0.6) is 0 Å². The maximum Gasteiger partial charge on any atom is 0.133 e. The molecule has 0 aromatic heterocycles. The molecule has 4 heteroatoms. The lowest BCUT2D eigenvalue weighted by molar-refractivity contribution is 0.440. The Morgan fingerprint density at radius 1 is 1.46 bits per heavy atom. The number of rotatable bonds is 2. The van der Waals surface area contributed by atoms with Crippen LogP contribution < -0.4 is 0 Å². The molecule has 0 aliphatic heterocycles. The van der Waals surface area contributed by atoms with Crippen molar-refractivity contribution in [1.29, 1.82) is 0 Å². The minimum absolute atomic E-state index is 0.278. The maximum atomic E-state index is 13.2. The zero-order valence-electron chi connectivity index (χ0n) is 7.46.